The zero-order chi connectivity index (χ0) is 7.56. The van der Waals surface area contributed by atoms with E-state index in [1.807, 2.05) is 6.92 Å². The van der Waals surface area contributed by atoms with Crippen LogP contribution in [-0.4, -0.2) is 15.7 Å². The van der Waals surface area contributed by atoms with Crippen molar-refractivity contribution in [3.8, 4) is 0 Å². The predicted octanol–water partition coefficient (Wildman–Crippen LogP) is 0.00190. The molecule has 0 bridgehead atoms. The summed E-state index contributed by atoms with van der Waals surface area (Å²) in [6.07, 6.45) is 3.09. The van der Waals surface area contributed by atoms with Crippen LogP contribution in [0.5, 0.6) is 0 Å². The fraction of sp³-hybridized carbons (Fsp3) is 0.333. The van der Waals surface area contributed by atoms with Gasteiger partial charge in [0.2, 0.25) is 0 Å². The molecule has 0 unspecified atom stereocenters. The molecule has 1 aromatic heterocycles. The Hall–Kier alpha value is -1.32. The van der Waals surface area contributed by atoms with Crippen molar-refractivity contribution in [1.29, 1.82) is 0 Å². The number of amides is 1. The van der Waals surface area contributed by atoms with Gasteiger partial charge in [0.15, 0.2) is 0 Å². The molecule has 1 rings (SSSR count). The zero-order valence-electron chi connectivity index (χ0n) is 5.74. The molecular formula is C6H9N3O. The number of nitrogens with two attached hydrogens (primary N) is 1. The smallest absolute Gasteiger partial charge is 0.251 e. The van der Waals surface area contributed by atoms with Crippen LogP contribution in [0.2, 0.25) is 0 Å². The molecule has 0 radical (unpaired) electrons. The third-order valence-corrected chi connectivity index (χ3v) is 1.24. The number of rotatable bonds is 2. The number of carbonyl (C=O) groups excluding carboxylic acids is 1. The van der Waals surface area contributed by atoms with Gasteiger partial charge in [0.1, 0.15) is 0 Å². The van der Waals surface area contributed by atoms with Crippen molar-refractivity contribution < 1.29 is 4.79 Å². The predicted molar refractivity (Wildman–Crippen MR) is 36.4 cm³/mol. The lowest BCUT2D eigenvalue weighted by Gasteiger charge is -1.89. The normalized spacial score (nSPS) is 9.70. The van der Waals surface area contributed by atoms with Gasteiger partial charge in [0.25, 0.3) is 5.91 Å². The molecule has 0 saturated heterocycles. The highest BCUT2D eigenvalue weighted by atomic mass is 16.1. The average Bonchev–Trinajstić information content (AvgIpc) is 2.34. The molecule has 0 fully saturated rings. The highest BCUT2D eigenvalue weighted by Gasteiger charge is 2.01. The number of aryl methyl sites for hydroxylation is 1. The number of hydrogen-bond acceptors (Lipinski definition) is 2. The Kier molecular flexibility index (Phi) is 1.71. The number of nitrogens with zero attached hydrogens (tertiary/aromatic N) is 2. The van der Waals surface area contributed by atoms with Crippen LogP contribution in [-0.2, 0) is 6.54 Å². The van der Waals surface area contributed by atoms with Crippen molar-refractivity contribution in [2.75, 3.05) is 0 Å². The van der Waals surface area contributed by atoms with E-state index in [1.165, 1.54) is 6.20 Å². The van der Waals surface area contributed by atoms with Gasteiger partial charge in [-0.2, -0.15) is 5.10 Å². The van der Waals surface area contributed by atoms with Gasteiger partial charge in [0, 0.05) is 12.7 Å². The SMILES string of the molecule is CCn1cc(C(N)=O)cn1. The van der Waals surface area contributed by atoms with E-state index >= 15 is 0 Å². The highest BCUT2D eigenvalue weighted by molar-refractivity contribution is 5.92. The van der Waals surface area contributed by atoms with Crippen molar-refractivity contribution in [2.24, 2.45) is 5.73 Å². The molecule has 1 aromatic rings. The zero-order valence-corrected chi connectivity index (χ0v) is 5.74. The van der Waals surface area contributed by atoms with E-state index in [2.05, 4.69) is 5.10 Å². The Morgan fingerprint density at radius 3 is 2.90 bits per heavy atom. The fourth-order valence-corrected chi connectivity index (χ4v) is 0.664. The molecular weight excluding hydrogens is 130 g/mol. The quantitative estimate of drug-likeness (QED) is 0.627. The number of aromatic nitrogens is 2. The van der Waals surface area contributed by atoms with E-state index in [1.54, 1.807) is 10.9 Å². The number of carbonyl (C=O) groups is 1. The lowest BCUT2D eigenvalue weighted by atomic mass is 10.3. The Labute approximate surface area is 58.6 Å². The monoisotopic (exact) mass is 139 g/mol. The summed E-state index contributed by atoms with van der Waals surface area (Å²) in [7, 11) is 0. The molecule has 1 heterocycles. The van der Waals surface area contributed by atoms with Gasteiger partial charge in [-0.15, -0.1) is 0 Å². The first kappa shape index (κ1) is 6.80. The molecule has 1 amide bonds. The largest absolute Gasteiger partial charge is 0.366 e. The summed E-state index contributed by atoms with van der Waals surface area (Å²) in [6.45, 7) is 2.70. The van der Waals surface area contributed by atoms with Crippen molar-refractivity contribution in [2.45, 2.75) is 13.5 Å². The van der Waals surface area contributed by atoms with E-state index in [0.717, 1.165) is 6.54 Å². The van der Waals surface area contributed by atoms with Gasteiger partial charge in [-0.3, -0.25) is 9.48 Å². The third-order valence-electron chi connectivity index (χ3n) is 1.24. The maximum absolute atomic E-state index is 10.5. The molecule has 0 aromatic carbocycles. The van der Waals surface area contributed by atoms with Crippen LogP contribution in [0.15, 0.2) is 12.4 Å². The second-order valence-electron chi connectivity index (χ2n) is 1.95. The van der Waals surface area contributed by atoms with Gasteiger partial charge < -0.3 is 5.73 Å². The maximum atomic E-state index is 10.5. The summed E-state index contributed by atoms with van der Waals surface area (Å²) in [5.74, 6) is -0.431. The van der Waals surface area contributed by atoms with Crippen molar-refractivity contribution in [3.63, 3.8) is 0 Å². The minimum atomic E-state index is -0.431. The van der Waals surface area contributed by atoms with Crippen LogP contribution in [0.1, 0.15) is 17.3 Å². The fourth-order valence-electron chi connectivity index (χ4n) is 0.664. The molecule has 2 N–H and O–H groups in total. The van der Waals surface area contributed by atoms with Crippen LogP contribution in [0.4, 0.5) is 0 Å². The maximum Gasteiger partial charge on any atom is 0.251 e. The molecule has 0 aliphatic carbocycles. The van der Waals surface area contributed by atoms with Crippen molar-refractivity contribution in [3.05, 3.63) is 18.0 Å². The first-order valence-electron chi connectivity index (χ1n) is 3.06. The van der Waals surface area contributed by atoms with Crippen LogP contribution < -0.4 is 5.73 Å². The lowest BCUT2D eigenvalue weighted by Crippen LogP contribution is -2.09. The van der Waals surface area contributed by atoms with Gasteiger partial charge in [0.05, 0.1) is 11.8 Å². The van der Waals surface area contributed by atoms with E-state index in [4.69, 9.17) is 5.73 Å². The van der Waals surface area contributed by atoms with E-state index in [-0.39, 0.29) is 0 Å². The summed E-state index contributed by atoms with van der Waals surface area (Å²) in [4.78, 5) is 10.5. The van der Waals surface area contributed by atoms with Crippen LogP contribution >= 0.6 is 0 Å². The summed E-state index contributed by atoms with van der Waals surface area (Å²) >= 11 is 0. The third kappa shape index (κ3) is 1.15. The number of hydrogen-bond donors (Lipinski definition) is 1. The first-order valence-corrected chi connectivity index (χ1v) is 3.06. The topological polar surface area (TPSA) is 60.9 Å². The van der Waals surface area contributed by atoms with Gasteiger partial charge in [-0.25, -0.2) is 0 Å². The van der Waals surface area contributed by atoms with Crippen molar-refractivity contribution >= 4 is 5.91 Å². The van der Waals surface area contributed by atoms with Crippen LogP contribution in [0.25, 0.3) is 0 Å². The Balaban J connectivity index is 2.88. The van der Waals surface area contributed by atoms with Gasteiger partial charge in [-0.1, -0.05) is 0 Å². The molecule has 10 heavy (non-hydrogen) atoms. The summed E-state index contributed by atoms with van der Waals surface area (Å²) in [5.41, 5.74) is 5.45. The van der Waals surface area contributed by atoms with Crippen LogP contribution in [0, 0.1) is 0 Å². The summed E-state index contributed by atoms with van der Waals surface area (Å²) in [5, 5.41) is 3.87. The van der Waals surface area contributed by atoms with Gasteiger partial charge in [-0.05, 0) is 6.92 Å². The average molecular weight is 139 g/mol. The second kappa shape index (κ2) is 2.51. The molecule has 0 aliphatic rings. The minimum absolute atomic E-state index is 0.431. The molecule has 0 saturated carbocycles. The highest BCUT2D eigenvalue weighted by Crippen LogP contribution is 1.94. The molecule has 0 atom stereocenters. The van der Waals surface area contributed by atoms with E-state index < -0.39 is 5.91 Å². The second-order valence-corrected chi connectivity index (χ2v) is 1.95. The molecule has 0 aliphatic heterocycles. The van der Waals surface area contributed by atoms with E-state index in [9.17, 15) is 4.79 Å². The molecule has 4 nitrogen and oxygen atoms in total. The Bertz CT molecular complexity index is 241. The summed E-state index contributed by atoms with van der Waals surface area (Å²) < 4.78 is 1.65. The van der Waals surface area contributed by atoms with E-state index in [0.29, 0.717) is 5.56 Å². The lowest BCUT2D eigenvalue weighted by molar-refractivity contribution is 0.1000. The Morgan fingerprint density at radius 2 is 2.60 bits per heavy atom. The Morgan fingerprint density at radius 1 is 1.90 bits per heavy atom. The van der Waals surface area contributed by atoms with Crippen molar-refractivity contribution in [1.82, 2.24) is 9.78 Å². The standard InChI is InChI=1S/C6H9N3O/c1-2-9-4-5(3-8-9)6(7)10/h3-4H,2H2,1H3,(H2,7,10). The summed E-state index contributed by atoms with van der Waals surface area (Å²) in [6, 6.07) is 0. The minimum Gasteiger partial charge on any atom is -0.366 e. The van der Waals surface area contributed by atoms with Gasteiger partial charge >= 0.3 is 0 Å². The molecule has 54 valence electrons. The number of primary amides is 1. The molecule has 4 heteroatoms. The van der Waals surface area contributed by atoms with Crippen LogP contribution in [0.3, 0.4) is 0 Å². The first-order chi connectivity index (χ1) is 4.74. The molecule has 0 spiro atoms.